The summed E-state index contributed by atoms with van der Waals surface area (Å²) in [6.07, 6.45) is 6.86. The number of primary amides is 1. The van der Waals surface area contributed by atoms with Gasteiger partial charge in [-0.05, 0) is 85.0 Å². The van der Waals surface area contributed by atoms with Crippen molar-refractivity contribution < 1.29 is 22.5 Å². The largest absolute Gasteiger partial charge is 0.435 e. The molecule has 0 aliphatic heterocycles. The zero-order valence-corrected chi connectivity index (χ0v) is 16.6. The zero-order valence-electron chi connectivity index (χ0n) is 15.8. The van der Waals surface area contributed by atoms with Crippen LogP contribution in [0.5, 0.6) is 5.75 Å². The molecular formula is C20H23F2N3O3S. The van der Waals surface area contributed by atoms with Crippen molar-refractivity contribution in [1.29, 1.82) is 0 Å². The predicted octanol–water partition coefficient (Wildman–Crippen LogP) is 3.42. The van der Waals surface area contributed by atoms with E-state index >= 15 is 0 Å². The molecule has 1 atom stereocenters. The Kier molecular flexibility index (Phi) is 6.81. The van der Waals surface area contributed by atoms with E-state index in [0.717, 1.165) is 31.4 Å². The Morgan fingerprint density at radius 2 is 1.59 bits per heavy atom. The molecule has 2 amide bonds. The second-order valence-corrected chi connectivity index (χ2v) is 7.94. The lowest BCUT2D eigenvalue weighted by atomic mass is 9.99. The molecule has 0 fully saturated rings. The first-order valence-electron chi connectivity index (χ1n) is 9.29. The predicted molar refractivity (Wildman–Crippen MR) is 107 cm³/mol. The van der Waals surface area contributed by atoms with Gasteiger partial charge in [0, 0.05) is 5.69 Å². The normalized spacial score (nSPS) is 15.2. The third-order valence-electron chi connectivity index (χ3n) is 5.00. The first-order valence-corrected chi connectivity index (χ1v) is 10.5. The summed E-state index contributed by atoms with van der Waals surface area (Å²) >= 11 is 0. The molecule has 1 unspecified atom stereocenters. The van der Waals surface area contributed by atoms with Gasteiger partial charge in [0.25, 0.3) is 0 Å². The Morgan fingerprint density at radius 3 is 2.03 bits per heavy atom. The van der Waals surface area contributed by atoms with Gasteiger partial charge in [0.1, 0.15) is 16.7 Å². The number of nitrogens with two attached hydrogens (primary N) is 2. The minimum Gasteiger partial charge on any atom is -0.435 e. The van der Waals surface area contributed by atoms with Gasteiger partial charge in [0.15, 0.2) is 0 Å². The fraction of sp³-hybridized carbons (Fsp3) is 0.350. The number of urea groups is 1. The Morgan fingerprint density at radius 1 is 1.03 bits per heavy atom. The second-order valence-electron chi connectivity index (χ2n) is 6.87. The molecule has 5 N–H and O–H groups in total. The summed E-state index contributed by atoms with van der Waals surface area (Å²) in [6.45, 7) is -2.85. The molecule has 6 nitrogen and oxygen atoms in total. The molecule has 2 aliphatic carbocycles. The fourth-order valence-corrected chi connectivity index (χ4v) is 4.25. The van der Waals surface area contributed by atoms with Crippen LogP contribution in [0.15, 0.2) is 35.2 Å². The highest BCUT2D eigenvalue weighted by atomic mass is 32.2. The lowest BCUT2D eigenvalue weighted by Gasteiger charge is -2.14. The summed E-state index contributed by atoms with van der Waals surface area (Å²) in [6, 6.07) is 7.21. The number of alkyl halides is 2. The first-order chi connectivity index (χ1) is 13.8. The number of anilines is 1. The van der Waals surface area contributed by atoms with Crippen molar-refractivity contribution in [3.8, 4) is 5.75 Å². The zero-order chi connectivity index (χ0) is 21.0. The summed E-state index contributed by atoms with van der Waals surface area (Å²) in [7, 11) is -1.59. The van der Waals surface area contributed by atoms with Crippen molar-refractivity contribution >= 4 is 22.7 Å². The monoisotopic (exact) mass is 423 g/mol. The van der Waals surface area contributed by atoms with E-state index in [1.165, 1.54) is 59.4 Å². The van der Waals surface area contributed by atoms with Gasteiger partial charge in [-0.3, -0.25) is 0 Å². The molecule has 29 heavy (non-hydrogen) atoms. The second kappa shape index (κ2) is 9.32. The van der Waals surface area contributed by atoms with E-state index in [1.807, 2.05) is 0 Å². The molecule has 4 rings (SSSR count). The van der Waals surface area contributed by atoms with Crippen molar-refractivity contribution in [3.63, 3.8) is 0 Å². The van der Waals surface area contributed by atoms with E-state index in [-0.39, 0.29) is 5.75 Å². The van der Waals surface area contributed by atoms with E-state index in [9.17, 15) is 17.8 Å². The van der Waals surface area contributed by atoms with Crippen molar-refractivity contribution in [2.75, 3.05) is 5.32 Å². The number of carbonyl (C=O) groups is 1. The van der Waals surface area contributed by atoms with E-state index in [0.29, 0.717) is 4.90 Å². The first kappa shape index (κ1) is 21.2. The molecule has 9 heteroatoms. The average Bonchev–Trinajstić information content (AvgIpc) is 3.31. The SMILES string of the molecule is NC(=O)Nc1c2c(cc3c1CCC3)CCC2.NS(=O)c1ccc(OC(F)F)cc1. The number of rotatable bonds is 4. The molecule has 0 bridgehead atoms. The highest BCUT2D eigenvalue weighted by Gasteiger charge is 2.24. The molecule has 0 radical (unpaired) electrons. The highest BCUT2D eigenvalue weighted by Crippen LogP contribution is 2.38. The van der Waals surface area contributed by atoms with Crippen LogP contribution in [0.25, 0.3) is 0 Å². The van der Waals surface area contributed by atoms with Crippen LogP contribution in [0.3, 0.4) is 0 Å². The van der Waals surface area contributed by atoms with Crippen LogP contribution in [0.4, 0.5) is 19.3 Å². The van der Waals surface area contributed by atoms with Crippen molar-refractivity contribution in [2.24, 2.45) is 10.9 Å². The number of hydrogen-bond acceptors (Lipinski definition) is 3. The number of carbonyl (C=O) groups excluding carboxylic acids is 1. The molecule has 0 saturated carbocycles. The Bertz CT molecular complexity index is 888. The van der Waals surface area contributed by atoms with Gasteiger partial charge in [0.05, 0.1) is 4.90 Å². The number of hydrogen-bond donors (Lipinski definition) is 3. The highest BCUT2D eigenvalue weighted by molar-refractivity contribution is 7.82. The van der Waals surface area contributed by atoms with E-state index < -0.39 is 23.6 Å². The van der Waals surface area contributed by atoms with Gasteiger partial charge in [-0.25, -0.2) is 14.1 Å². The summed E-state index contributed by atoms with van der Waals surface area (Å²) < 4.78 is 38.1. The summed E-state index contributed by atoms with van der Waals surface area (Å²) in [5.74, 6) is 0.0178. The topological polar surface area (TPSA) is 107 Å². The Hall–Kier alpha value is -2.52. The van der Waals surface area contributed by atoms with Gasteiger partial charge in [-0.1, -0.05) is 6.07 Å². The maximum Gasteiger partial charge on any atom is 0.387 e. The molecule has 2 aromatic carbocycles. The third-order valence-corrected chi connectivity index (χ3v) is 5.74. The standard InChI is InChI=1S/C13H16N2O.C7H7F2NO2S/c14-13(16)15-12-10-5-1-3-8(10)7-9-4-2-6-11(9)12;8-7(9)12-5-1-3-6(4-2-5)13(10)11/h7H,1-6H2,(H3,14,15,16);1-4,7H,10H2. The van der Waals surface area contributed by atoms with Crippen LogP contribution in [0.1, 0.15) is 35.1 Å². The van der Waals surface area contributed by atoms with Crippen LogP contribution in [-0.4, -0.2) is 16.9 Å². The third kappa shape index (κ3) is 5.30. The van der Waals surface area contributed by atoms with Gasteiger partial charge in [-0.15, -0.1) is 0 Å². The molecule has 2 aromatic rings. The molecule has 0 saturated heterocycles. The lowest BCUT2D eigenvalue weighted by molar-refractivity contribution is -0.0498. The smallest absolute Gasteiger partial charge is 0.387 e. The Labute approximate surface area is 170 Å². The van der Waals surface area contributed by atoms with Gasteiger partial charge in [-0.2, -0.15) is 8.78 Å². The van der Waals surface area contributed by atoms with E-state index in [2.05, 4.69) is 16.1 Å². The number of halogens is 2. The van der Waals surface area contributed by atoms with E-state index in [4.69, 9.17) is 10.9 Å². The number of benzene rings is 2. The minimum absolute atomic E-state index is 0.0178. The molecule has 156 valence electrons. The number of nitrogens with one attached hydrogen (secondary N) is 1. The minimum atomic E-state index is -2.85. The van der Waals surface area contributed by atoms with E-state index in [1.54, 1.807) is 0 Å². The number of amides is 2. The van der Waals surface area contributed by atoms with Gasteiger partial charge < -0.3 is 15.8 Å². The van der Waals surface area contributed by atoms with Crippen molar-refractivity contribution in [2.45, 2.75) is 50.0 Å². The average molecular weight is 423 g/mol. The summed E-state index contributed by atoms with van der Waals surface area (Å²) in [5, 5.41) is 7.89. The van der Waals surface area contributed by atoms with Crippen LogP contribution in [0, 0.1) is 0 Å². The van der Waals surface area contributed by atoms with Crippen molar-refractivity contribution in [1.82, 2.24) is 0 Å². The molecule has 2 aliphatic rings. The molecule has 0 spiro atoms. The molecular weight excluding hydrogens is 400 g/mol. The molecule has 0 aromatic heterocycles. The fourth-order valence-electron chi connectivity index (χ4n) is 3.85. The summed E-state index contributed by atoms with van der Waals surface area (Å²) in [5.41, 5.74) is 11.8. The van der Waals surface area contributed by atoms with Crippen LogP contribution in [0.2, 0.25) is 0 Å². The van der Waals surface area contributed by atoms with Gasteiger partial charge in [0.2, 0.25) is 0 Å². The lowest BCUT2D eigenvalue weighted by Crippen LogP contribution is -2.21. The number of ether oxygens (including phenoxy) is 1. The quantitative estimate of drug-likeness (QED) is 0.701. The van der Waals surface area contributed by atoms with Gasteiger partial charge >= 0.3 is 12.6 Å². The van der Waals surface area contributed by atoms with Crippen molar-refractivity contribution in [3.05, 3.63) is 52.6 Å². The maximum atomic E-state index is 11.7. The molecule has 0 heterocycles. The van der Waals surface area contributed by atoms with Crippen LogP contribution < -0.4 is 20.9 Å². The maximum absolute atomic E-state index is 11.7. The van der Waals surface area contributed by atoms with Crippen LogP contribution >= 0.6 is 0 Å². The number of fused-ring (bicyclic) bond motifs is 2. The van der Waals surface area contributed by atoms with Crippen LogP contribution in [-0.2, 0) is 36.7 Å². The summed E-state index contributed by atoms with van der Waals surface area (Å²) in [4.78, 5) is 11.4. The Balaban J connectivity index is 0.000000170. The number of aryl methyl sites for hydroxylation is 2.